The molecule has 1 aliphatic rings. The fourth-order valence-corrected chi connectivity index (χ4v) is 1.83. The maximum absolute atomic E-state index is 9.90. The van der Waals surface area contributed by atoms with Crippen LogP contribution in [0.4, 0.5) is 0 Å². The van der Waals surface area contributed by atoms with Crippen molar-refractivity contribution in [3.63, 3.8) is 0 Å². The second-order valence-electron chi connectivity index (χ2n) is 5.30. The number of hydrogen-bond donors (Lipinski definition) is 11. The first-order chi connectivity index (χ1) is 11.0. The predicted molar refractivity (Wildman–Crippen MR) is 73.2 cm³/mol. The molecule has 1 aliphatic carbocycles. The van der Waals surface area contributed by atoms with Crippen LogP contribution in [0.3, 0.4) is 0 Å². The summed E-state index contributed by atoms with van der Waals surface area (Å²) in [6.07, 6.45) is -16.7. The molecule has 0 heterocycles. The molecule has 0 saturated heterocycles. The Hall–Kier alpha value is -0.770. The molecule has 0 aliphatic heterocycles. The number of rotatable bonds is 5. The summed E-state index contributed by atoms with van der Waals surface area (Å²) in [6, 6.07) is 0. The number of aldehydes is 1. The molecule has 0 aromatic carbocycles. The van der Waals surface area contributed by atoms with Gasteiger partial charge in [-0.25, -0.2) is 0 Å². The topological polar surface area (TPSA) is 240 Å². The van der Waals surface area contributed by atoms with Gasteiger partial charge in [0.25, 0.3) is 0 Å². The van der Waals surface area contributed by atoms with Gasteiger partial charge in [0.15, 0.2) is 6.29 Å². The number of aliphatic hydroxyl groups is 11. The largest absolute Gasteiger partial charge is 0.394 e. The van der Waals surface area contributed by atoms with E-state index in [4.69, 9.17) is 56.2 Å². The Morgan fingerprint density at radius 2 is 0.958 bits per heavy atom. The molecule has 4 atom stereocenters. The van der Waals surface area contributed by atoms with Gasteiger partial charge in [-0.05, 0) is 0 Å². The standard InChI is InChI=1S/2C6H12O6/c7-1-2(8)4(10)6(12)5(11)3(1)9;7-1-3(9)5(11)6(12)4(10)2-8/h1-12H;1,3-6,8-12H,2H2/t;3-,4+,5+,6+/m.0/s1. The molecule has 24 heavy (non-hydrogen) atoms. The van der Waals surface area contributed by atoms with Crippen LogP contribution in [0.5, 0.6) is 0 Å². The van der Waals surface area contributed by atoms with Gasteiger partial charge in [-0.2, -0.15) is 0 Å². The van der Waals surface area contributed by atoms with Crippen molar-refractivity contribution in [2.75, 3.05) is 6.61 Å². The highest BCUT2D eigenvalue weighted by molar-refractivity contribution is 5.56. The van der Waals surface area contributed by atoms with Gasteiger partial charge in [0.2, 0.25) is 0 Å². The summed E-state index contributed by atoms with van der Waals surface area (Å²) >= 11 is 0. The molecule has 0 aromatic heterocycles. The van der Waals surface area contributed by atoms with E-state index in [2.05, 4.69) is 0 Å². The molecule has 0 bridgehead atoms. The zero-order chi connectivity index (χ0) is 19.2. The first-order valence-electron chi connectivity index (χ1n) is 6.88. The Morgan fingerprint density at radius 1 is 0.667 bits per heavy atom. The molecule has 0 unspecified atom stereocenters. The molecular formula is C12H24O12. The van der Waals surface area contributed by atoms with Crippen molar-refractivity contribution >= 4 is 6.29 Å². The van der Waals surface area contributed by atoms with E-state index in [1.54, 1.807) is 0 Å². The normalized spacial score (nSPS) is 38.3. The lowest BCUT2D eigenvalue weighted by molar-refractivity contribution is -0.223. The zero-order valence-corrected chi connectivity index (χ0v) is 12.4. The zero-order valence-electron chi connectivity index (χ0n) is 12.4. The molecule has 1 saturated carbocycles. The average Bonchev–Trinajstić information content (AvgIpc) is 2.60. The highest BCUT2D eigenvalue weighted by Gasteiger charge is 2.47. The summed E-state index contributed by atoms with van der Waals surface area (Å²) in [7, 11) is 0. The Morgan fingerprint density at radius 3 is 1.17 bits per heavy atom. The minimum Gasteiger partial charge on any atom is -0.394 e. The minimum absolute atomic E-state index is 0.0258. The summed E-state index contributed by atoms with van der Waals surface area (Å²) < 4.78 is 0. The highest BCUT2D eigenvalue weighted by atomic mass is 16.4. The van der Waals surface area contributed by atoms with Crippen LogP contribution < -0.4 is 0 Å². The molecule has 0 amide bonds. The minimum atomic E-state index is -1.79. The van der Waals surface area contributed by atoms with E-state index in [9.17, 15) is 4.79 Å². The molecule has 12 heteroatoms. The molecule has 144 valence electrons. The monoisotopic (exact) mass is 360 g/mol. The van der Waals surface area contributed by atoms with Gasteiger partial charge in [0.1, 0.15) is 61.0 Å². The van der Waals surface area contributed by atoms with E-state index in [0.717, 1.165) is 0 Å². The van der Waals surface area contributed by atoms with Crippen molar-refractivity contribution in [2.24, 2.45) is 0 Å². The number of aliphatic hydroxyl groups excluding tert-OH is 11. The second-order valence-corrected chi connectivity index (χ2v) is 5.30. The third kappa shape index (κ3) is 5.65. The Kier molecular flexibility index (Phi) is 9.94. The summed E-state index contributed by atoms with van der Waals surface area (Å²) in [4.78, 5) is 9.90. The molecule has 0 radical (unpaired) electrons. The van der Waals surface area contributed by atoms with Crippen molar-refractivity contribution in [1.29, 1.82) is 0 Å². The Balaban J connectivity index is 0.000000441. The molecule has 11 N–H and O–H groups in total. The lowest BCUT2D eigenvalue weighted by Crippen LogP contribution is -2.63. The molecule has 0 spiro atoms. The lowest BCUT2D eigenvalue weighted by atomic mass is 9.85. The second kappa shape index (κ2) is 10.3. The quantitative estimate of drug-likeness (QED) is 0.205. The molecule has 0 aromatic rings. The van der Waals surface area contributed by atoms with Crippen LogP contribution in [0.25, 0.3) is 0 Å². The fraction of sp³-hybridized carbons (Fsp3) is 0.917. The van der Waals surface area contributed by atoms with Gasteiger partial charge in [-0.15, -0.1) is 0 Å². The third-order valence-electron chi connectivity index (χ3n) is 3.52. The summed E-state index contributed by atoms with van der Waals surface area (Å²) in [5.41, 5.74) is 0. The summed E-state index contributed by atoms with van der Waals surface area (Å²) in [6.45, 7) is -0.760. The highest BCUT2D eigenvalue weighted by Crippen LogP contribution is 2.20. The van der Waals surface area contributed by atoms with Crippen molar-refractivity contribution in [1.82, 2.24) is 0 Å². The van der Waals surface area contributed by atoms with Crippen molar-refractivity contribution < 1.29 is 61.0 Å². The molecule has 1 fully saturated rings. The fourth-order valence-electron chi connectivity index (χ4n) is 1.83. The molecule has 1 rings (SSSR count). The molecular weight excluding hydrogens is 336 g/mol. The van der Waals surface area contributed by atoms with Gasteiger partial charge in [-0.3, -0.25) is 0 Å². The van der Waals surface area contributed by atoms with E-state index in [1.165, 1.54) is 0 Å². The van der Waals surface area contributed by atoms with Crippen molar-refractivity contribution in [3.8, 4) is 0 Å². The van der Waals surface area contributed by atoms with Gasteiger partial charge >= 0.3 is 0 Å². The van der Waals surface area contributed by atoms with E-state index in [1.807, 2.05) is 0 Å². The first kappa shape index (κ1) is 23.2. The smallest absolute Gasteiger partial charge is 0.151 e. The van der Waals surface area contributed by atoms with E-state index < -0.39 is 67.6 Å². The van der Waals surface area contributed by atoms with E-state index >= 15 is 0 Å². The van der Waals surface area contributed by atoms with Crippen LogP contribution in [0.2, 0.25) is 0 Å². The van der Waals surface area contributed by atoms with Crippen molar-refractivity contribution in [2.45, 2.75) is 61.0 Å². The van der Waals surface area contributed by atoms with Gasteiger partial charge in [-0.1, -0.05) is 0 Å². The van der Waals surface area contributed by atoms with Crippen LogP contribution in [0, 0.1) is 0 Å². The molecule has 12 nitrogen and oxygen atoms in total. The van der Waals surface area contributed by atoms with Crippen LogP contribution in [-0.4, -0.2) is 130 Å². The van der Waals surface area contributed by atoms with Gasteiger partial charge in [0.05, 0.1) is 6.61 Å². The first-order valence-corrected chi connectivity index (χ1v) is 6.88. The van der Waals surface area contributed by atoms with Crippen LogP contribution in [-0.2, 0) is 4.79 Å². The van der Waals surface area contributed by atoms with Gasteiger partial charge < -0.3 is 61.0 Å². The van der Waals surface area contributed by atoms with Crippen LogP contribution >= 0.6 is 0 Å². The Labute approximate surface area is 136 Å². The Bertz CT molecular complexity index is 309. The lowest BCUT2D eigenvalue weighted by Gasteiger charge is -2.39. The average molecular weight is 360 g/mol. The van der Waals surface area contributed by atoms with E-state index in [0.29, 0.717) is 0 Å². The van der Waals surface area contributed by atoms with E-state index in [-0.39, 0.29) is 6.29 Å². The van der Waals surface area contributed by atoms with Crippen LogP contribution in [0.1, 0.15) is 0 Å². The number of carbonyl (C=O) groups is 1. The SMILES string of the molecule is O=C[C@H](O)[C@@H](O)[C@H](O)[C@H](O)CO.OC1C(O)C(O)C(O)C(O)C1O. The third-order valence-corrected chi connectivity index (χ3v) is 3.52. The van der Waals surface area contributed by atoms with Crippen LogP contribution in [0.15, 0.2) is 0 Å². The predicted octanol–water partition coefficient (Wildman–Crippen LogP) is -7.21. The summed E-state index contributed by atoms with van der Waals surface area (Å²) in [5, 5.41) is 97.4. The number of hydrogen-bond acceptors (Lipinski definition) is 12. The van der Waals surface area contributed by atoms with Crippen molar-refractivity contribution in [3.05, 3.63) is 0 Å². The summed E-state index contributed by atoms with van der Waals surface area (Å²) in [5.74, 6) is 0. The maximum Gasteiger partial charge on any atom is 0.151 e. The maximum atomic E-state index is 9.90. The van der Waals surface area contributed by atoms with Gasteiger partial charge in [0, 0.05) is 0 Å². The number of carbonyl (C=O) groups excluding carboxylic acids is 1.